The number of piperidine rings is 3. The summed E-state index contributed by atoms with van der Waals surface area (Å²) in [5.41, 5.74) is 0.912. The van der Waals surface area contributed by atoms with Crippen molar-refractivity contribution in [2.45, 2.75) is 31.8 Å². The van der Waals surface area contributed by atoms with Gasteiger partial charge in [-0.3, -0.25) is 9.69 Å². The molecule has 4 heterocycles. The Morgan fingerprint density at radius 1 is 1.17 bits per heavy atom. The predicted molar refractivity (Wildman–Crippen MR) is 94.2 cm³/mol. The zero-order valence-corrected chi connectivity index (χ0v) is 14.4. The topological polar surface area (TPSA) is 45.5 Å². The molecular weight excluding hydrogens is 324 g/mol. The minimum absolute atomic E-state index is 0.124. The van der Waals surface area contributed by atoms with Crippen LogP contribution in [0.3, 0.4) is 0 Å². The minimum atomic E-state index is -0.124. The van der Waals surface area contributed by atoms with Gasteiger partial charge >= 0.3 is 0 Å². The molecule has 1 N–H and O–H groups in total. The summed E-state index contributed by atoms with van der Waals surface area (Å²) in [7, 11) is 0. The number of fused-ring (bicyclic) bond motifs is 3. The van der Waals surface area contributed by atoms with E-state index in [9.17, 15) is 4.79 Å². The SMILES string of the molecule is C[C@H]1[C@H](NC(=O)c2ccc(-c3ccc(Cl)cc3)o2)C2CCN1CC2. The molecule has 0 aliphatic carbocycles. The lowest BCUT2D eigenvalue weighted by Crippen LogP contribution is -2.62. The van der Waals surface area contributed by atoms with E-state index in [1.165, 1.54) is 12.8 Å². The van der Waals surface area contributed by atoms with E-state index in [1.54, 1.807) is 6.07 Å². The van der Waals surface area contributed by atoms with Gasteiger partial charge in [0.1, 0.15) is 5.76 Å². The van der Waals surface area contributed by atoms with Gasteiger partial charge in [-0.15, -0.1) is 0 Å². The first kappa shape index (κ1) is 15.7. The number of hydrogen-bond donors (Lipinski definition) is 1. The van der Waals surface area contributed by atoms with Gasteiger partial charge in [0.25, 0.3) is 5.91 Å². The number of amides is 1. The molecule has 2 aromatic rings. The fourth-order valence-electron chi connectivity index (χ4n) is 4.00. The van der Waals surface area contributed by atoms with Gasteiger partial charge in [-0.2, -0.15) is 0 Å². The van der Waals surface area contributed by atoms with E-state index in [4.69, 9.17) is 16.0 Å². The van der Waals surface area contributed by atoms with Crippen LogP contribution in [0, 0.1) is 5.92 Å². The van der Waals surface area contributed by atoms with Crippen LogP contribution in [0.4, 0.5) is 0 Å². The fourth-order valence-corrected chi connectivity index (χ4v) is 4.12. The molecule has 3 saturated heterocycles. The molecule has 0 spiro atoms. The highest BCUT2D eigenvalue weighted by atomic mass is 35.5. The highest BCUT2D eigenvalue weighted by Crippen LogP contribution is 2.32. The monoisotopic (exact) mass is 344 g/mol. The Kier molecular flexibility index (Phi) is 4.10. The average Bonchev–Trinajstić information content (AvgIpc) is 3.09. The van der Waals surface area contributed by atoms with Crippen molar-refractivity contribution in [1.29, 1.82) is 0 Å². The summed E-state index contributed by atoms with van der Waals surface area (Å²) in [6.45, 7) is 4.51. The zero-order valence-electron chi connectivity index (χ0n) is 13.7. The van der Waals surface area contributed by atoms with Gasteiger partial charge in [-0.05, 0) is 75.2 Å². The van der Waals surface area contributed by atoms with Gasteiger partial charge in [0.15, 0.2) is 5.76 Å². The molecule has 0 unspecified atom stereocenters. The summed E-state index contributed by atoms with van der Waals surface area (Å²) in [5.74, 6) is 1.50. The summed E-state index contributed by atoms with van der Waals surface area (Å²) in [5, 5.41) is 3.87. The molecule has 3 aliphatic rings. The lowest BCUT2D eigenvalue weighted by molar-refractivity contribution is 0.0211. The molecule has 24 heavy (non-hydrogen) atoms. The number of nitrogens with zero attached hydrogens (tertiary/aromatic N) is 1. The van der Waals surface area contributed by atoms with Gasteiger partial charge in [-0.1, -0.05) is 11.6 Å². The van der Waals surface area contributed by atoms with Crippen LogP contribution in [-0.4, -0.2) is 36.0 Å². The largest absolute Gasteiger partial charge is 0.451 e. The van der Waals surface area contributed by atoms with Crippen LogP contribution < -0.4 is 5.32 Å². The van der Waals surface area contributed by atoms with Crippen LogP contribution >= 0.6 is 11.6 Å². The van der Waals surface area contributed by atoms with Crippen molar-refractivity contribution < 1.29 is 9.21 Å². The number of rotatable bonds is 3. The Hall–Kier alpha value is -1.78. The Labute approximate surface area is 146 Å². The van der Waals surface area contributed by atoms with Crippen LogP contribution in [0.1, 0.15) is 30.3 Å². The standard InChI is InChI=1S/C19H21ClN2O2/c1-12-18(14-8-10-22(12)11-9-14)21-19(23)17-7-6-16(24-17)13-2-4-15(20)5-3-13/h2-7,12,14,18H,8-11H2,1H3,(H,21,23)/t12-,18-/m0/s1. The molecule has 2 atom stereocenters. The second-order valence-corrected chi connectivity index (χ2v) is 7.22. The molecule has 3 fully saturated rings. The maximum Gasteiger partial charge on any atom is 0.287 e. The van der Waals surface area contributed by atoms with Crippen molar-refractivity contribution in [3.8, 4) is 11.3 Å². The highest BCUT2D eigenvalue weighted by Gasteiger charge is 2.40. The lowest BCUT2D eigenvalue weighted by atomic mass is 9.79. The molecule has 1 aromatic carbocycles. The van der Waals surface area contributed by atoms with Crippen molar-refractivity contribution in [1.82, 2.24) is 10.2 Å². The van der Waals surface area contributed by atoms with Gasteiger partial charge in [0, 0.05) is 22.7 Å². The molecule has 5 rings (SSSR count). The number of nitrogens with one attached hydrogen (secondary N) is 1. The van der Waals surface area contributed by atoms with Crippen molar-refractivity contribution in [2.24, 2.45) is 5.92 Å². The first-order valence-electron chi connectivity index (χ1n) is 8.52. The Morgan fingerprint density at radius 3 is 2.54 bits per heavy atom. The molecule has 126 valence electrons. The van der Waals surface area contributed by atoms with E-state index in [-0.39, 0.29) is 11.9 Å². The van der Waals surface area contributed by atoms with E-state index in [0.717, 1.165) is 18.7 Å². The number of halogens is 1. The molecule has 5 heteroatoms. The van der Waals surface area contributed by atoms with Gasteiger partial charge < -0.3 is 9.73 Å². The number of hydrogen-bond acceptors (Lipinski definition) is 3. The molecular formula is C19H21ClN2O2. The lowest BCUT2D eigenvalue weighted by Gasteiger charge is -2.49. The first-order chi connectivity index (χ1) is 11.6. The van der Waals surface area contributed by atoms with Crippen LogP contribution in [-0.2, 0) is 0 Å². The van der Waals surface area contributed by atoms with Crippen molar-refractivity contribution in [3.63, 3.8) is 0 Å². The summed E-state index contributed by atoms with van der Waals surface area (Å²) < 4.78 is 5.76. The second kappa shape index (κ2) is 6.26. The summed E-state index contributed by atoms with van der Waals surface area (Å²) in [6, 6.07) is 11.6. The van der Waals surface area contributed by atoms with Crippen molar-refractivity contribution in [3.05, 3.63) is 47.2 Å². The number of benzene rings is 1. The van der Waals surface area contributed by atoms with Gasteiger partial charge in [0.05, 0.1) is 0 Å². The minimum Gasteiger partial charge on any atom is -0.451 e. The van der Waals surface area contributed by atoms with E-state index < -0.39 is 0 Å². The zero-order chi connectivity index (χ0) is 16.7. The van der Waals surface area contributed by atoms with Crippen molar-refractivity contribution >= 4 is 17.5 Å². The molecule has 0 saturated carbocycles. The van der Waals surface area contributed by atoms with E-state index in [0.29, 0.717) is 28.5 Å². The summed E-state index contributed by atoms with van der Waals surface area (Å²) >= 11 is 5.91. The maximum atomic E-state index is 12.6. The molecule has 3 aliphatic heterocycles. The molecule has 0 radical (unpaired) electrons. The fraction of sp³-hybridized carbons (Fsp3) is 0.421. The third kappa shape index (κ3) is 2.85. The van der Waals surface area contributed by atoms with Gasteiger partial charge in [-0.25, -0.2) is 0 Å². The summed E-state index contributed by atoms with van der Waals surface area (Å²) in [4.78, 5) is 15.1. The second-order valence-electron chi connectivity index (χ2n) is 6.78. The quantitative estimate of drug-likeness (QED) is 0.920. The van der Waals surface area contributed by atoms with Crippen LogP contribution in [0.2, 0.25) is 5.02 Å². The number of carbonyl (C=O) groups is 1. The third-order valence-corrected chi connectivity index (χ3v) is 5.69. The highest BCUT2D eigenvalue weighted by molar-refractivity contribution is 6.30. The predicted octanol–water partition coefficient (Wildman–Crippen LogP) is 3.81. The van der Waals surface area contributed by atoms with Crippen LogP contribution in [0.5, 0.6) is 0 Å². The summed E-state index contributed by atoms with van der Waals surface area (Å²) in [6.07, 6.45) is 2.34. The van der Waals surface area contributed by atoms with Gasteiger partial charge in [0.2, 0.25) is 0 Å². The molecule has 4 nitrogen and oxygen atoms in total. The third-order valence-electron chi connectivity index (χ3n) is 5.43. The van der Waals surface area contributed by atoms with E-state index in [1.807, 2.05) is 30.3 Å². The van der Waals surface area contributed by atoms with E-state index in [2.05, 4.69) is 17.1 Å². The van der Waals surface area contributed by atoms with Crippen molar-refractivity contribution in [2.75, 3.05) is 13.1 Å². The Morgan fingerprint density at radius 2 is 1.88 bits per heavy atom. The number of furan rings is 1. The Bertz CT molecular complexity index is 730. The Balaban J connectivity index is 1.48. The molecule has 1 aromatic heterocycles. The smallest absolute Gasteiger partial charge is 0.287 e. The van der Waals surface area contributed by atoms with E-state index >= 15 is 0 Å². The molecule has 1 amide bonds. The normalized spacial score (nSPS) is 28.8. The maximum absolute atomic E-state index is 12.6. The number of carbonyl (C=O) groups excluding carboxylic acids is 1. The van der Waals surface area contributed by atoms with Crippen LogP contribution in [0.25, 0.3) is 11.3 Å². The van der Waals surface area contributed by atoms with Crippen LogP contribution in [0.15, 0.2) is 40.8 Å². The average molecular weight is 345 g/mol. The molecule has 2 bridgehead atoms. The first-order valence-corrected chi connectivity index (χ1v) is 8.90.